The maximum absolute atomic E-state index is 12.4. The topological polar surface area (TPSA) is 29.1 Å². The molecule has 3 aromatic carbocycles. The minimum absolute atomic E-state index is 0. The zero-order valence-electron chi connectivity index (χ0n) is 19.6. The van der Waals surface area contributed by atoms with Crippen molar-refractivity contribution in [2.75, 3.05) is 25.5 Å². The number of piperidine rings is 1. The maximum atomic E-state index is 12.4. The molecule has 1 saturated heterocycles. The Hall–Kier alpha value is -2.44. The van der Waals surface area contributed by atoms with E-state index in [4.69, 9.17) is 0 Å². The number of benzene rings is 3. The fourth-order valence-electron chi connectivity index (χ4n) is 4.63. The molecule has 1 fully saturated rings. The quantitative estimate of drug-likeness (QED) is 0.284. The fraction of sp³-hybridized carbons (Fsp3) is 0.276. The van der Waals surface area contributed by atoms with Crippen molar-refractivity contribution in [1.82, 2.24) is 0 Å². The van der Waals surface area contributed by atoms with Crippen LogP contribution in [0.4, 0.5) is 5.69 Å². The van der Waals surface area contributed by atoms with Gasteiger partial charge in [0.15, 0.2) is 0 Å². The van der Waals surface area contributed by atoms with E-state index in [1.807, 2.05) is 30.3 Å². The number of aryl methyl sites for hydroxylation is 1. The smallest absolute Gasteiger partial charge is 0.248 e. The van der Waals surface area contributed by atoms with Gasteiger partial charge in [-0.1, -0.05) is 54.6 Å². The van der Waals surface area contributed by atoms with E-state index in [1.165, 1.54) is 49.0 Å². The molecule has 1 N–H and O–H groups in total. The Morgan fingerprint density at radius 3 is 2.39 bits per heavy atom. The summed E-state index contributed by atoms with van der Waals surface area (Å²) in [6.45, 7) is 5.69. The van der Waals surface area contributed by atoms with Crippen molar-refractivity contribution >= 4 is 17.7 Å². The number of anilines is 1. The van der Waals surface area contributed by atoms with Gasteiger partial charge in [-0.05, 0) is 72.7 Å². The molecule has 0 radical (unpaired) electrons. The second kappa shape index (κ2) is 11.6. The number of nitrogens with one attached hydrogen (secondary N) is 1. The Morgan fingerprint density at radius 2 is 1.67 bits per heavy atom. The number of nitrogens with zero attached hydrogens (tertiary/aromatic N) is 1. The van der Waals surface area contributed by atoms with Crippen molar-refractivity contribution in [2.24, 2.45) is 0 Å². The van der Waals surface area contributed by atoms with Gasteiger partial charge in [0.25, 0.3) is 0 Å². The highest BCUT2D eigenvalue weighted by Gasteiger charge is 2.24. The first kappa shape index (κ1) is 25.2. The Bertz CT molecular complexity index is 1100. The van der Waals surface area contributed by atoms with Crippen molar-refractivity contribution in [3.8, 4) is 11.1 Å². The third-order valence-corrected chi connectivity index (χ3v) is 6.45. The molecule has 0 aliphatic carbocycles. The lowest BCUT2D eigenvalue weighted by molar-refractivity contribution is -0.926. The van der Waals surface area contributed by atoms with Crippen LogP contribution >= 0.6 is 0 Å². The predicted molar refractivity (Wildman–Crippen MR) is 134 cm³/mol. The molecule has 4 rings (SSSR count). The first-order valence-corrected chi connectivity index (χ1v) is 11.6. The van der Waals surface area contributed by atoms with E-state index in [1.54, 1.807) is 6.08 Å². The molecule has 33 heavy (non-hydrogen) atoms. The van der Waals surface area contributed by atoms with E-state index in [9.17, 15) is 4.79 Å². The number of halogens is 1. The second-order valence-corrected chi connectivity index (χ2v) is 9.25. The van der Waals surface area contributed by atoms with E-state index < -0.39 is 0 Å². The number of hydrogen-bond acceptors (Lipinski definition) is 1. The Kier molecular flexibility index (Phi) is 8.87. The number of carbonyl (C=O) groups excluding carboxylic acids is 1. The highest BCUT2D eigenvalue weighted by molar-refractivity contribution is 6.02. The van der Waals surface area contributed by atoms with Crippen LogP contribution in [0, 0.1) is 6.92 Å². The van der Waals surface area contributed by atoms with Crippen molar-refractivity contribution in [3.05, 3.63) is 95.6 Å². The molecule has 0 unspecified atom stereocenters. The molecular formula is C29H33IN2O. The molecule has 0 spiro atoms. The standard InChI is InChI=1S/C29H32N2O.HI/c1-23-9-4-5-12-28(23)26-11-8-10-24(21-26)15-18-29(32)30-27-16-13-25(14-17-27)22-31(2)19-6-3-7-20-31;/h4-5,8-18,21H,3,6-7,19-20,22H2,1-2H3;1H/b18-15+;. The number of quaternary nitrogens is 1. The van der Waals surface area contributed by atoms with Crippen molar-refractivity contribution in [1.29, 1.82) is 0 Å². The van der Waals surface area contributed by atoms with Crippen LogP contribution in [0.25, 0.3) is 17.2 Å². The van der Waals surface area contributed by atoms with Crippen LogP contribution in [0.15, 0.2) is 78.9 Å². The Morgan fingerprint density at radius 1 is 0.939 bits per heavy atom. The summed E-state index contributed by atoms with van der Waals surface area (Å²) in [6.07, 6.45) is 7.48. The summed E-state index contributed by atoms with van der Waals surface area (Å²) in [7, 11) is 2.35. The Balaban J connectivity index is 0.00000306. The number of carbonyl (C=O) groups is 1. The summed E-state index contributed by atoms with van der Waals surface area (Å²) in [5, 5.41) is 2.98. The number of hydrogen-bond donors (Lipinski definition) is 1. The van der Waals surface area contributed by atoms with E-state index in [0.29, 0.717) is 0 Å². The third kappa shape index (κ3) is 7.02. The van der Waals surface area contributed by atoms with Crippen LogP contribution in [-0.2, 0) is 11.3 Å². The van der Waals surface area contributed by atoms with E-state index in [2.05, 4.69) is 67.8 Å². The van der Waals surface area contributed by atoms with Crippen LogP contribution in [-0.4, -0.2) is 30.5 Å². The van der Waals surface area contributed by atoms with Crippen LogP contribution < -0.4 is 29.3 Å². The summed E-state index contributed by atoms with van der Waals surface area (Å²) < 4.78 is 1.12. The highest BCUT2D eigenvalue weighted by Crippen LogP contribution is 2.24. The molecule has 1 aliphatic heterocycles. The average molecular weight is 553 g/mol. The predicted octanol–water partition coefficient (Wildman–Crippen LogP) is 3.45. The van der Waals surface area contributed by atoms with Gasteiger partial charge in [-0.15, -0.1) is 0 Å². The van der Waals surface area contributed by atoms with E-state index in [-0.39, 0.29) is 29.9 Å². The largest absolute Gasteiger partial charge is 1.00 e. The van der Waals surface area contributed by atoms with Crippen molar-refractivity contribution in [3.63, 3.8) is 0 Å². The van der Waals surface area contributed by atoms with Gasteiger partial charge in [0.2, 0.25) is 5.91 Å². The van der Waals surface area contributed by atoms with Crippen LogP contribution in [0.5, 0.6) is 0 Å². The van der Waals surface area contributed by atoms with Gasteiger partial charge in [-0.25, -0.2) is 0 Å². The number of rotatable bonds is 6. The maximum Gasteiger partial charge on any atom is 0.248 e. The van der Waals surface area contributed by atoms with Gasteiger partial charge >= 0.3 is 0 Å². The van der Waals surface area contributed by atoms with Crippen LogP contribution in [0.1, 0.15) is 36.0 Å². The molecular weight excluding hydrogens is 519 g/mol. The third-order valence-electron chi connectivity index (χ3n) is 6.45. The summed E-state index contributed by atoms with van der Waals surface area (Å²) in [5.74, 6) is -0.117. The molecule has 0 atom stereocenters. The summed E-state index contributed by atoms with van der Waals surface area (Å²) in [5.41, 5.74) is 6.79. The van der Waals surface area contributed by atoms with Gasteiger partial charge in [0.1, 0.15) is 6.54 Å². The van der Waals surface area contributed by atoms with Gasteiger partial charge in [0, 0.05) is 17.3 Å². The molecule has 3 aromatic rings. The summed E-state index contributed by atoms with van der Waals surface area (Å²) in [4.78, 5) is 12.4. The van der Waals surface area contributed by atoms with Crippen molar-refractivity contribution < 1.29 is 33.3 Å². The normalized spacial score (nSPS) is 15.1. The lowest BCUT2D eigenvalue weighted by Crippen LogP contribution is -3.00. The fourth-order valence-corrected chi connectivity index (χ4v) is 4.63. The first-order chi connectivity index (χ1) is 15.5. The van der Waals surface area contributed by atoms with Crippen LogP contribution in [0.3, 0.4) is 0 Å². The lowest BCUT2D eigenvalue weighted by atomic mass is 9.99. The molecule has 0 bridgehead atoms. The molecule has 172 valence electrons. The minimum Gasteiger partial charge on any atom is -1.00 e. The molecule has 3 nitrogen and oxygen atoms in total. The van der Waals surface area contributed by atoms with E-state index in [0.717, 1.165) is 27.8 Å². The molecule has 1 aliphatic rings. The number of amides is 1. The zero-order valence-corrected chi connectivity index (χ0v) is 21.7. The highest BCUT2D eigenvalue weighted by atomic mass is 127. The molecule has 4 heteroatoms. The van der Waals surface area contributed by atoms with Crippen molar-refractivity contribution in [2.45, 2.75) is 32.7 Å². The van der Waals surface area contributed by atoms with Crippen LogP contribution in [0.2, 0.25) is 0 Å². The molecule has 0 saturated carbocycles. The molecule has 1 amide bonds. The molecule has 1 heterocycles. The zero-order chi connectivity index (χ0) is 22.4. The SMILES string of the molecule is Cc1ccccc1-c1cccc(/C=C/C(=O)Nc2ccc(C[N+]3(C)CCCCC3)cc2)c1.[I-]. The summed E-state index contributed by atoms with van der Waals surface area (Å²) >= 11 is 0. The van der Waals surface area contributed by atoms with Gasteiger partial charge in [0.05, 0.1) is 20.1 Å². The minimum atomic E-state index is -0.117. The first-order valence-electron chi connectivity index (χ1n) is 11.6. The van der Waals surface area contributed by atoms with Gasteiger partial charge < -0.3 is 33.8 Å². The molecule has 0 aromatic heterocycles. The van der Waals surface area contributed by atoms with Gasteiger partial charge in [-0.3, -0.25) is 4.79 Å². The average Bonchev–Trinajstić information content (AvgIpc) is 2.80. The Labute approximate surface area is 215 Å². The van der Waals surface area contributed by atoms with Gasteiger partial charge in [-0.2, -0.15) is 0 Å². The monoisotopic (exact) mass is 552 g/mol. The summed E-state index contributed by atoms with van der Waals surface area (Å²) in [6, 6.07) is 24.9. The lowest BCUT2D eigenvalue weighted by Gasteiger charge is -2.37. The second-order valence-electron chi connectivity index (χ2n) is 9.25. The van der Waals surface area contributed by atoms with E-state index >= 15 is 0 Å². The number of likely N-dealkylation sites (tertiary alicyclic amines) is 1.